The molecule has 1 aliphatic carbocycles. The van der Waals surface area contributed by atoms with Crippen molar-refractivity contribution in [2.24, 2.45) is 0 Å². The largest absolute Gasteiger partial charge is 0.485 e. The van der Waals surface area contributed by atoms with Crippen LogP contribution in [0, 0.1) is 22.7 Å². The van der Waals surface area contributed by atoms with Gasteiger partial charge in [0.15, 0.2) is 0 Å². The molecule has 2 atom stereocenters. The molecule has 5 nitrogen and oxygen atoms in total. The van der Waals surface area contributed by atoms with Crippen LogP contribution in [-0.2, 0) is 0 Å². The van der Waals surface area contributed by atoms with Gasteiger partial charge < -0.3 is 13.7 Å². The second kappa shape index (κ2) is 10.3. The first-order valence-corrected chi connectivity index (χ1v) is 16.3. The van der Waals surface area contributed by atoms with E-state index in [4.69, 9.17) is 9.15 Å². The second-order valence-corrected chi connectivity index (χ2v) is 12.6. The summed E-state index contributed by atoms with van der Waals surface area (Å²) in [6.07, 6.45) is 3.96. The molecule has 0 bridgehead atoms. The smallest absolute Gasteiger partial charge is 0.135 e. The summed E-state index contributed by atoms with van der Waals surface area (Å²) in [7, 11) is 0. The number of ether oxygens (including phenoxy) is 1. The van der Waals surface area contributed by atoms with Crippen molar-refractivity contribution in [2.45, 2.75) is 12.0 Å². The number of aromatic nitrogens is 1. The number of fused-ring (bicyclic) bond motifs is 10. The Morgan fingerprint density at radius 3 is 2.12 bits per heavy atom. The Balaban J connectivity index is 1.16. The molecule has 2 aliphatic rings. The number of hydrogen-bond donors (Lipinski definition) is 0. The predicted molar refractivity (Wildman–Crippen MR) is 193 cm³/mol. The van der Waals surface area contributed by atoms with Gasteiger partial charge >= 0.3 is 0 Å². The van der Waals surface area contributed by atoms with Crippen molar-refractivity contribution in [3.05, 3.63) is 161 Å². The summed E-state index contributed by atoms with van der Waals surface area (Å²) in [5.41, 5.74) is 11.3. The zero-order chi connectivity index (χ0) is 32.6. The number of nitriles is 2. The van der Waals surface area contributed by atoms with E-state index in [0.717, 1.165) is 83.4 Å². The lowest BCUT2D eigenvalue weighted by molar-refractivity contribution is 0.266. The number of benzene rings is 6. The zero-order valence-corrected chi connectivity index (χ0v) is 26.1. The average molecular weight is 628 g/mol. The van der Waals surface area contributed by atoms with E-state index < -0.39 is 0 Å². The summed E-state index contributed by atoms with van der Waals surface area (Å²) in [5.74, 6) is 1.62. The maximum absolute atomic E-state index is 10.4. The fourth-order valence-electron chi connectivity index (χ4n) is 7.88. The van der Waals surface area contributed by atoms with Crippen LogP contribution in [0.15, 0.2) is 138 Å². The SMILES string of the molecule is N#Cc1ccc(-c2ccc3oc4c(c3c2)C2c3cc(-c5cccc(C#N)c5-n5c6ccccc6c6ccccc65)ccc3OC2C=C4)cc1. The minimum atomic E-state index is -0.167. The van der Waals surface area contributed by atoms with Crippen LogP contribution in [0.1, 0.15) is 33.9 Å². The van der Waals surface area contributed by atoms with E-state index >= 15 is 0 Å². The van der Waals surface area contributed by atoms with Crippen molar-refractivity contribution >= 4 is 38.9 Å². The van der Waals surface area contributed by atoms with Crippen LogP contribution < -0.4 is 4.74 Å². The normalized spacial score (nSPS) is 15.8. The molecular weight excluding hydrogens is 603 g/mol. The molecule has 2 unspecified atom stereocenters. The Labute approximate surface area is 281 Å². The first-order chi connectivity index (χ1) is 24.2. The van der Waals surface area contributed by atoms with Crippen LogP contribution >= 0.6 is 0 Å². The average Bonchev–Trinajstić information content (AvgIpc) is 3.83. The molecule has 3 heterocycles. The quantitative estimate of drug-likeness (QED) is 0.195. The minimum absolute atomic E-state index is 0.0664. The van der Waals surface area contributed by atoms with Gasteiger partial charge in [0.05, 0.1) is 39.8 Å². The monoisotopic (exact) mass is 627 g/mol. The Morgan fingerprint density at radius 1 is 0.633 bits per heavy atom. The number of rotatable bonds is 3. The van der Waals surface area contributed by atoms with E-state index in [2.05, 4.69) is 108 Å². The lowest BCUT2D eigenvalue weighted by atomic mass is 9.82. The van der Waals surface area contributed by atoms with E-state index in [9.17, 15) is 10.5 Å². The summed E-state index contributed by atoms with van der Waals surface area (Å²) >= 11 is 0. The second-order valence-electron chi connectivity index (χ2n) is 12.6. The molecular formula is C44H25N3O2. The Morgan fingerprint density at radius 2 is 1.37 bits per heavy atom. The number of nitrogens with zero attached hydrogens (tertiary/aromatic N) is 3. The molecule has 8 aromatic rings. The van der Waals surface area contributed by atoms with Gasteiger partial charge in [0.25, 0.3) is 0 Å². The molecule has 10 rings (SSSR count). The standard InChI is InChI=1S/C44H25N3O2/c45-24-26-12-14-27(15-13-26)28-16-18-38-34(22-28)42-40(48-38)20-21-41-43(42)35-23-29(17-19-39(35)49-41)31-9-5-6-30(25-46)44(31)47-36-10-3-1-7-32(36)33-8-2-4-11-37(33)47/h1-23,41,43H. The van der Waals surface area contributed by atoms with Crippen LogP contribution in [0.3, 0.4) is 0 Å². The summed E-state index contributed by atoms with van der Waals surface area (Å²) in [6.45, 7) is 0. The third-order valence-corrected chi connectivity index (χ3v) is 10.1. The summed E-state index contributed by atoms with van der Waals surface area (Å²) in [5, 5.41) is 23.1. The lowest BCUT2D eigenvalue weighted by Gasteiger charge is -2.20. The lowest BCUT2D eigenvalue weighted by Crippen LogP contribution is -2.19. The van der Waals surface area contributed by atoms with Crippen LogP contribution in [0.4, 0.5) is 0 Å². The minimum Gasteiger partial charge on any atom is -0.485 e. The molecule has 0 saturated heterocycles. The van der Waals surface area contributed by atoms with Crippen LogP contribution in [-0.4, -0.2) is 10.7 Å². The van der Waals surface area contributed by atoms with Crippen molar-refractivity contribution in [3.63, 3.8) is 0 Å². The Hall–Kier alpha value is -6.82. The topological polar surface area (TPSA) is 74.9 Å². The van der Waals surface area contributed by atoms with E-state index in [1.54, 1.807) is 0 Å². The molecule has 228 valence electrons. The highest BCUT2D eigenvalue weighted by Gasteiger charge is 2.40. The van der Waals surface area contributed by atoms with E-state index in [1.807, 2.05) is 48.5 Å². The molecule has 1 aliphatic heterocycles. The Bertz CT molecular complexity index is 2730. The van der Waals surface area contributed by atoms with Crippen molar-refractivity contribution < 1.29 is 9.15 Å². The van der Waals surface area contributed by atoms with Gasteiger partial charge in [-0.2, -0.15) is 10.5 Å². The highest BCUT2D eigenvalue weighted by atomic mass is 16.5. The summed E-state index contributed by atoms with van der Waals surface area (Å²) < 4.78 is 15.2. The first-order valence-electron chi connectivity index (χ1n) is 16.3. The first kappa shape index (κ1) is 27.3. The van der Waals surface area contributed by atoms with E-state index in [0.29, 0.717) is 11.1 Å². The van der Waals surface area contributed by atoms with Gasteiger partial charge in [-0.05, 0) is 83.4 Å². The molecule has 0 fully saturated rings. The third kappa shape index (κ3) is 3.97. The number of furan rings is 1. The van der Waals surface area contributed by atoms with Gasteiger partial charge in [-0.1, -0.05) is 72.8 Å². The molecule has 5 heteroatoms. The highest BCUT2D eigenvalue weighted by Crippen LogP contribution is 2.51. The number of hydrogen-bond acceptors (Lipinski definition) is 4. The summed E-state index contributed by atoms with van der Waals surface area (Å²) in [4.78, 5) is 0. The van der Waals surface area contributed by atoms with Crippen molar-refractivity contribution in [2.75, 3.05) is 0 Å². The third-order valence-electron chi connectivity index (χ3n) is 10.1. The van der Waals surface area contributed by atoms with Gasteiger partial charge in [0.2, 0.25) is 0 Å². The predicted octanol–water partition coefficient (Wildman–Crippen LogP) is 10.5. The maximum atomic E-state index is 10.4. The molecule has 0 N–H and O–H groups in total. The zero-order valence-electron chi connectivity index (χ0n) is 26.1. The van der Waals surface area contributed by atoms with E-state index in [1.165, 1.54) is 0 Å². The summed E-state index contributed by atoms with van der Waals surface area (Å²) in [6, 6.07) is 47.8. The molecule has 2 aromatic heterocycles. The highest BCUT2D eigenvalue weighted by molar-refractivity contribution is 6.10. The molecule has 0 saturated carbocycles. The maximum Gasteiger partial charge on any atom is 0.135 e. The van der Waals surface area contributed by atoms with Crippen LogP contribution in [0.5, 0.6) is 5.75 Å². The molecule has 49 heavy (non-hydrogen) atoms. The van der Waals surface area contributed by atoms with Crippen LogP contribution in [0.2, 0.25) is 0 Å². The van der Waals surface area contributed by atoms with E-state index in [-0.39, 0.29) is 12.0 Å². The molecule has 0 radical (unpaired) electrons. The van der Waals surface area contributed by atoms with Gasteiger partial charge in [-0.3, -0.25) is 0 Å². The van der Waals surface area contributed by atoms with Crippen molar-refractivity contribution in [1.82, 2.24) is 4.57 Å². The Kier molecular flexibility index (Phi) is 5.76. The number of para-hydroxylation sites is 3. The van der Waals surface area contributed by atoms with Gasteiger partial charge in [0, 0.05) is 32.8 Å². The van der Waals surface area contributed by atoms with Gasteiger partial charge in [-0.15, -0.1) is 0 Å². The van der Waals surface area contributed by atoms with Crippen molar-refractivity contribution in [3.8, 4) is 45.8 Å². The molecule has 0 spiro atoms. The van der Waals surface area contributed by atoms with Gasteiger partial charge in [-0.25, -0.2) is 0 Å². The van der Waals surface area contributed by atoms with Crippen molar-refractivity contribution in [1.29, 1.82) is 10.5 Å². The van der Waals surface area contributed by atoms with Gasteiger partial charge in [0.1, 0.15) is 29.3 Å². The fraction of sp³-hybridized carbons (Fsp3) is 0.0455. The fourth-order valence-corrected chi connectivity index (χ4v) is 7.88. The molecule has 6 aromatic carbocycles. The van der Waals surface area contributed by atoms with Crippen LogP contribution in [0.25, 0.3) is 66.8 Å². The molecule has 0 amide bonds.